The Kier molecular flexibility index (Phi) is 6.46. The lowest BCUT2D eigenvalue weighted by Crippen LogP contribution is -2.22. The van der Waals surface area contributed by atoms with Crippen molar-refractivity contribution in [1.29, 1.82) is 0 Å². The molecule has 0 aliphatic rings. The molecule has 0 saturated heterocycles. The molecule has 138 valence electrons. The number of hydrogen-bond acceptors (Lipinski definition) is 6. The molecule has 0 aliphatic carbocycles. The predicted molar refractivity (Wildman–Crippen MR) is 95.1 cm³/mol. The van der Waals surface area contributed by atoms with Crippen molar-refractivity contribution in [3.8, 4) is 0 Å². The Labute approximate surface area is 153 Å². The fourth-order valence-electron chi connectivity index (χ4n) is 2.16. The minimum atomic E-state index is -0.942. The Hall–Kier alpha value is -2.74. The van der Waals surface area contributed by atoms with Crippen molar-refractivity contribution in [3.05, 3.63) is 51.7 Å². The van der Waals surface area contributed by atoms with Gasteiger partial charge in [0.25, 0.3) is 5.91 Å². The molecule has 0 spiro atoms. The van der Waals surface area contributed by atoms with Crippen LogP contribution in [0.4, 0.5) is 9.39 Å². The van der Waals surface area contributed by atoms with Crippen molar-refractivity contribution >= 4 is 34.2 Å². The third-order valence-electron chi connectivity index (χ3n) is 3.55. The van der Waals surface area contributed by atoms with E-state index in [2.05, 4.69) is 5.32 Å². The predicted octanol–water partition coefficient (Wildman–Crippen LogP) is 3.48. The lowest BCUT2D eigenvalue weighted by atomic mass is 10.1. The number of hydrogen-bond donors (Lipinski definition) is 1. The number of benzene rings is 1. The smallest absolute Gasteiger partial charge is 0.341 e. The second kappa shape index (κ2) is 8.57. The van der Waals surface area contributed by atoms with Crippen LogP contribution in [-0.4, -0.2) is 31.1 Å². The molecular formula is C18H18FNO5S. The maximum Gasteiger partial charge on any atom is 0.341 e. The molecule has 1 heterocycles. The second-order valence-electron chi connectivity index (χ2n) is 5.31. The fraction of sp³-hybridized carbons (Fsp3) is 0.278. The first-order valence-corrected chi connectivity index (χ1v) is 8.65. The summed E-state index contributed by atoms with van der Waals surface area (Å²) in [4.78, 5) is 36.8. The summed E-state index contributed by atoms with van der Waals surface area (Å²) in [5, 5.41) is 2.87. The van der Waals surface area contributed by atoms with Crippen molar-refractivity contribution in [2.45, 2.75) is 20.8 Å². The van der Waals surface area contributed by atoms with Crippen LogP contribution in [0.25, 0.3) is 0 Å². The van der Waals surface area contributed by atoms with E-state index in [9.17, 15) is 18.8 Å². The minimum Gasteiger partial charge on any atom is -0.462 e. The van der Waals surface area contributed by atoms with Crippen LogP contribution in [0.5, 0.6) is 0 Å². The zero-order valence-corrected chi connectivity index (χ0v) is 15.4. The number of esters is 2. The largest absolute Gasteiger partial charge is 0.462 e. The van der Waals surface area contributed by atoms with Gasteiger partial charge in [0.15, 0.2) is 6.61 Å². The molecule has 1 aromatic carbocycles. The van der Waals surface area contributed by atoms with Gasteiger partial charge in [0, 0.05) is 4.88 Å². The Balaban J connectivity index is 2.04. The standard InChI is InChI=1S/C18H18FNO5S/c1-4-24-18(23)15-10(2)11(3)26-16(15)20-14(21)9-25-17(22)12-7-5-6-8-13(12)19/h5-8H,4,9H2,1-3H3,(H,20,21). The van der Waals surface area contributed by atoms with Crippen molar-refractivity contribution in [2.75, 3.05) is 18.5 Å². The minimum absolute atomic E-state index is 0.209. The van der Waals surface area contributed by atoms with Crippen molar-refractivity contribution in [1.82, 2.24) is 0 Å². The van der Waals surface area contributed by atoms with Gasteiger partial charge in [-0.2, -0.15) is 0 Å². The molecule has 8 heteroatoms. The van der Waals surface area contributed by atoms with E-state index in [-0.39, 0.29) is 17.7 Å². The number of carbonyl (C=O) groups excluding carboxylic acids is 3. The monoisotopic (exact) mass is 379 g/mol. The van der Waals surface area contributed by atoms with Gasteiger partial charge in [0.2, 0.25) is 0 Å². The average Bonchev–Trinajstić information content (AvgIpc) is 2.87. The van der Waals surface area contributed by atoms with Crippen LogP contribution in [0.1, 0.15) is 38.1 Å². The third kappa shape index (κ3) is 4.45. The van der Waals surface area contributed by atoms with Crippen molar-refractivity contribution in [3.63, 3.8) is 0 Å². The molecule has 1 amide bonds. The van der Waals surface area contributed by atoms with Crippen LogP contribution in [0.3, 0.4) is 0 Å². The van der Waals surface area contributed by atoms with Gasteiger partial charge in [-0.1, -0.05) is 12.1 Å². The SMILES string of the molecule is CCOC(=O)c1c(NC(=O)COC(=O)c2ccccc2F)sc(C)c1C. The molecule has 0 fully saturated rings. The summed E-state index contributed by atoms with van der Waals surface area (Å²) in [5.74, 6) is -2.84. The van der Waals surface area contributed by atoms with Gasteiger partial charge in [-0.3, -0.25) is 4.79 Å². The summed E-state index contributed by atoms with van der Waals surface area (Å²) in [7, 11) is 0. The number of amides is 1. The van der Waals surface area contributed by atoms with E-state index in [1.54, 1.807) is 13.8 Å². The molecule has 0 saturated carbocycles. The van der Waals surface area contributed by atoms with Gasteiger partial charge in [-0.05, 0) is 38.5 Å². The molecule has 0 atom stereocenters. The normalized spacial score (nSPS) is 10.3. The van der Waals surface area contributed by atoms with Gasteiger partial charge in [0.05, 0.1) is 17.7 Å². The summed E-state index contributed by atoms with van der Waals surface area (Å²) in [5.41, 5.74) is 0.741. The van der Waals surface area contributed by atoms with Gasteiger partial charge >= 0.3 is 11.9 Å². The molecule has 2 rings (SSSR count). The number of carbonyl (C=O) groups is 3. The number of halogens is 1. The molecular weight excluding hydrogens is 361 g/mol. The first-order valence-electron chi connectivity index (χ1n) is 7.83. The highest BCUT2D eigenvalue weighted by molar-refractivity contribution is 7.16. The number of aryl methyl sites for hydroxylation is 1. The third-order valence-corrected chi connectivity index (χ3v) is 4.67. The molecule has 0 radical (unpaired) electrons. The molecule has 0 bridgehead atoms. The van der Waals surface area contributed by atoms with E-state index in [4.69, 9.17) is 9.47 Å². The first kappa shape index (κ1) is 19.6. The molecule has 1 N–H and O–H groups in total. The van der Waals surface area contributed by atoms with E-state index in [1.165, 1.54) is 29.5 Å². The summed E-state index contributed by atoms with van der Waals surface area (Å²) >= 11 is 1.22. The van der Waals surface area contributed by atoms with E-state index < -0.39 is 30.3 Å². The quantitative estimate of drug-likeness (QED) is 0.777. The van der Waals surface area contributed by atoms with Gasteiger partial charge in [0.1, 0.15) is 10.8 Å². The molecule has 26 heavy (non-hydrogen) atoms. The molecule has 0 unspecified atom stereocenters. The van der Waals surface area contributed by atoms with Gasteiger partial charge < -0.3 is 14.8 Å². The van der Waals surface area contributed by atoms with Crippen LogP contribution in [-0.2, 0) is 14.3 Å². The van der Waals surface area contributed by atoms with Crippen LogP contribution in [0, 0.1) is 19.7 Å². The molecule has 2 aromatic rings. The van der Waals surface area contributed by atoms with Gasteiger partial charge in [-0.25, -0.2) is 14.0 Å². The first-order chi connectivity index (χ1) is 12.3. The second-order valence-corrected chi connectivity index (χ2v) is 6.54. The van der Waals surface area contributed by atoms with Crippen LogP contribution < -0.4 is 5.32 Å². The average molecular weight is 379 g/mol. The highest BCUT2D eigenvalue weighted by Crippen LogP contribution is 2.33. The highest BCUT2D eigenvalue weighted by atomic mass is 32.1. The van der Waals surface area contributed by atoms with Crippen LogP contribution in [0.15, 0.2) is 24.3 Å². The van der Waals surface area contributed by atoms with E-state index >= 15 is 0 Å². The maximum atomic E-state index is 13.5. The lowest BCUT2D eigenvalue weighted by molar-refractivity contribution is -0.119. The lowest BCUT2D eigenvalue weighted by Gasteiger charge is -2.08. The summed E-state index contributed by atoms with van der Waals surface area (Å²) < 4.78 is 23.3. The van der Waals surface area contributed by atoms with Crippen LogP contribution >= 0.6 is 11.3 Å². The maximum absolute atomic E-state index is 13.5. The zero-order valence-electron chi connectivity index (χ0n) is 14.6. The number of thiophene rings is 1. The molecule has 0 aliphatic heterocycles. The Morgan fingerprint density at radius 2 is 1.81 bits per heavy atom. The Bertz CT molecular complexity index is 846. The summed E-state index contributed by atoms with van der Waals surface area (Å²) in [6.07, 6.45) is 0. The van der Waals surface area contributed by atoms with E-state index in [0.717, 1.165) is 10.9 Å². The Morgan fingerprint density at radius 3 is 2.46 bits per heavy atom. The zero-order chi connectivity index (χ0) is 19.3. The van der Waals surface area contributed by atoms with E-state index in [0.29, 0.717) is 10.6 Å². The number of nitrogens with one attached hydrogen (secondary N) is 1. The number of ether oxygens (including phenoxy) is 2. The molecule has 6 nitrogen and oxygen atoms in total. The van der Waals surface area contributed by atoms with E-state index in [1.807, 2.05) is 6.92 Å². The molecule has 1 aromatic heterocycles. The van der Waals surface area contributed by atoms with Gasteiger partial charge in [-0.15, -0.1) is 11.3 Å². The number of rotatable bonds is 6. The van der Waals surface area contributed by atoms with Crippen LogP contribution in [0.2, 0.25) is 0 Å². The fourth-order valence-corrected chi connectivity index (χ4v) is 3.23. The topological polar surface area (TPSA) is 81.7 Å². The summed E-state index contributed by atoms with van der Waals surface area (Å²) in [6.45, 7) is 4.86. The highest BCUT2D eigenvalue weighted by Gasteiger charge is 2.22. The van der Waals surface area contributed by atoms with Crippen molar-refractivity contribution < 1.29 is 28.2 Å². The number of anilines is 1. The van der Waals surface area contributed by atoms with Crippen molar-refractivity contribution in [2.24, 2.45) is 0 Å². The Morgan fingerprint density at radius 1 is 1.12 bits per heavy atom. The summed E-state index contributed by atoms with van der Waals surface area (Å²) in [6, 6.07) is 5.32.